The molecule has 5 heteroatoms. The Morgan fingerprint density at radius 3 is 2.56 bits per heavy atom. The number of carbonyl (C=O) groups is 2. The molecule has 5 nitrogen and oxygen atoms in total. The third-order valence-corrected chi connectivity index (χ3v) is 4.56. The van der Waals surface area contributed by atoms with Gasteiger partial charge < -0.3 is 15.0 Å². The molecule has 1 fully saturated rings. The van der Waals surface area contributed by atoms with Crippen molar-refractivity contribution in [2.24, 2.45) is 5.92 Å². The van der Waals surface area contributed by atoms with E-state index in [1.54, 1.807) is 0 Å². The van der Waals surface area contributed by atoms with Gasteiger partial charge in [-0.25, -0.2) is 4.79 Å². The summed E-state index contributed by atoms with van der Waals surface area (Å²) in [6.45, 7) is 11.0. The first-order valence-electron chi connectivity index (χ1n) is 8.97. The molecule has 1 aliphatic heterocycles. The summed E-state index contributed by atoms with van der Waals surface area (Å²) in [5.74, 6) is 0.346. The summed E-state index contributed by atoms with van der Waals surface area (Å²) in [6, 6.07) is 8.03. The molecule has 2 rings (SSSR count). The predicted molar refractivity (Wildman–Crippen MR) is 98.4 cm³/mol. The summed E-state index contributed by atoms with van der Waals surface area (Å²) < 4.78 is 5.32. The van der Waals surface area contributed by atoms with Crippen LogP contribution in [0.2, 0.25) is 0 Å². The van der Waals surface area contributed by atoms with Gasteiger partial charge in [-0.15, -0.1) is 0 Å². The normalized spacial score (nSPS) is 20.9. The highest BCUT2D eigenvalue weighted by Gasteiger charge is 2.30. The zero-order chi connectivity index (χ0) is 18.6. The number of likely N-dealkylation sites (tertiary alicyclic amines) is 1. The van der Waals surface area contributed by atoms with Crippen molar-refractivity contribution >= 4 is 12.0 Å². The van der Waals surface area contributed by atoms with E-state index in [0.717, 1.165) is 17.5 Å². The van der Waals surface area contributed by atoms with Crippen molar-refractivity contribution in [1.82, 2.24) is 10.2 Å². The molecule has 1 saturated heterocycles. The van der Waals surface area contributed by atoms with Crippen LogP contribution in [0.25, 0.3) is 0 Å². The van der Waals surface area contributed by atoms with E-state index in [9.17, 15) is 9.59 Å². The number of ether oxygens (including phenoxy) is 1. The number of aryl methyl sites for hydroxylation is 1. The molecule has 1 aromatic carbocycles. The number of nitrogens with one attached hydrogen (secondary N) is 1. The lowest BCUT2D eigenvalue weighted by molar-refractivity contribution is -0.132. The molecule has 138 valence electrons. The van der Waals surface area contributed by atoms with Gasteiger partial charge in [0.15, 0.2) is 0 Å². The molecule has 2 amide bonds. The molecule has 0 aromatic heterocycles. The summed E-state index contributed by atoms with van der Waals surface area (Å²) >= 11 is 0. The second-order valence-corrected chi connectivity index (χ2v) is 7.96. The van der Waals surface area contributed by atoms with Crippen LogP contribution in [-0.2, 0) is 16.0 Å². The van der Waals surface area contributed by atoms with Gasteiger partial charge in [-0.2, -0.15) is 0 Å². The Bertz CT molecular complexity index is 622. The molecule has 1 heterocycles. The molecule has 1 aliphatic rings. The molecule has 0 bridgehead atoms. The van der Waals surface area contributed by atoms with Gasteiger partial charge in [0.25, 0.3) is 0 Å². The number of rotatable bonds is 3. The molecule has 2 unspecified atom stereocenters. The number of hydrogen-bond donors (Lipinski definition) is 1. The van der Waals surface area contributed by atoms with Crippen LogP contribution in [0.5, 0.6) is 0 Å². The molecule has 2 atom stereocenters. The fourth-order valence-electron chi connectivity index (χ4n) is 3.13. The van der Waals surface area contributed by atoms with E-state index in [4.69, 9.17) is 4.74 Å². The summed E-state index contributed by atoms with van der Waals surface area (Å²) in [6.07, 6.45) is 0.799. The van der Waals surface area contributed by atoms with Crippen molar-refractivity contribution in [2.75, 3.05) is 13.1 Å². The zero-order valence-electron chi connectivity index (χ0n) is 16.0. The molecule has 1 aromatic rings. The standard InChI is InChI=1S/C20H30N2O3/c1-14-8-6-7-9-16(14)12-18(23)22-11-10-17(15(2)13-22)21-19(24)25-20(3,4)5/h6-9,15,17H,10-13H2,1-5H3,(H,21,24). The fourth-order valence-corrected chi connectivity index (χ4v) is 3.13. The SMILES string of the molecule is Cc1ccccc1CC(=O)N1CCC(NC(=O)OC(C)(C)C)C(C)C1. The van der Waals surface area contributed by atoms with E-state index in [1.165, 1.54) is 0 Å². The fraction of sp³-hybridized carbons (Fsp3) is 0.600. The second-order valence-electron chi connectivity index (χ2n) is 7.96. The van der Waals surface area contributed by atoms with Crippen LogP contribution in [-0.4, -0.2) is 41.6 Å². The monoisotopic (exact) mass is 346 g/mol. The van der Waals surface area contributed by atoms with Crippen molar-refractivity contribution in [2.45, 2.75) is 59.1 Å². The van der Waals surface area contributed by atoms with E-state index >= 15 is 0 Å². The van der Waals surface area contributed by atoms with Crippen LogP contribution in [0.3, 0.4) is 0 Å². The Kier molecular flexibility index (Phi) is 6.09. The molecular formula is C20H30N2O3. The molecule has 0 radical (unpaired) electrons. The molecular weight excluding hydrogens is 316 g/mol. The number of benzene rings is 1. The first kappa shape index (κ1) is 19.3. The van der Waals surface area contributed by atoms with E-state index in [-0.39, 0.29) is 24.0 Å². The van der Waals surface area contributed by atoms with Crippen LogP contribution < -0.4 is 5.32 Å². The number of alkyl carbamates (subject to hydrolysis) is 1. The lowest BCUT2D eigenvalue weighted by Gasteiger charge is -2.37. The minimum atomic E-state index is -0.502. The average Bonchev–Trinajstić information content (AvgIpc) is 2.49. The van der Waals surface area contributed by atoms with Gasteiger partial charge in [0, 0.05) is 19.1 Å². The van der Waals surface area contributed by atoms with Gasteiger partial charge in [-0.3, -0.25) is 4.79 Å². The van der Waals surface area contributed by atoms with Crippen molar-refractivity contribution in [1.29, 1.82) is 0 Å². The molecule has 1 N–H and O–H groups in total. The lowest BCUT2D eigenvalue weighted by atomic mass is 9.93. The Hall–Kier alpha value is -2.04. The molecule has 0 spiro atoms. The van der Waals surface area contributed by atoms with Gasteiger partial charge in [0.2, 0.25) is 5.91 Å². The zero-order valence-corrected chi connectivity index (χ0v) is 16.0. The van der Waals surface area contributed by atoms with E-state index < -0.39 is 5.60 Å². The Morgan fingerprint density at radius 1 is 1.28 bits per heavy atom. The maximum absolute atomic E-state index is 12.6. The van der Waals surface area contributed by atoms with Crippen LogP contribution >= 0.6 is 0 Å². The number of hydrogen-bond acceptors (Lipinski definition) is 3. The van der Waals surface area contributed by atoms with Gasteiger partial charge in [0.1, 0.15) is 5.60 Å². The molecule has 0 saturated carbocycles. The van der Waals surface area contributed by atoms with Crippen LogP contribution in [0.4, 0.5) is 4.79 Å². The van der Waals surface area contributed by atoms with E-state index in [2.05, 4.69) is 12.2 Å². The summed E-state index contributed by atoms with van der Waals surface area (Å²) in [5.41, 5.74) is 1.72. The lowest BCUT2D eigenvalue weighted by Crippen LogP contribution is -2.52. The van der Waals surface area contributed by atoms with Crippen LogP contribution in [0.1, 0.15) is 45.2 Å². The highest BCUT2D eigenvalue weighted by Crippen LogP contribution is 2.19. The predicted octanol–water partition coefficient (Wildman–Crippen LogP) is 3.30. The highest BCUT2D eigenvalue weighted by atomic mass is 16.6. The third kappa shape index (κ3) is 5.76. The number of piperidine rings is 1. The largest absolute Gasteiger partial charge is 0.444 e. The third-order valence-electron chi connectivity index (χ3n) is 4.56. The number of amides is 2. The van der Waals surface area contributed by atoms with Crippen molar-refractivity contribution in [3.63, 3.8) is 0 Å². The smallest absolute Gasteiger partial charge is 0.407 e. The molecule has 25 heavy (non-hydrogen) atoms. The number of carbonyl (C=O) groups excluding carboxylic acids is 2. The van der Waals surface area contributed by atoms with Gasteiger partial charge in [-0.05, 0) is 51.2 Å². The average molecular weight is 346 g/mol. The molecule has 0 aliphatic carbocycles. The van der Waals surface area contributed by atoms with Crippen LogP contribution in [0, 0.1) is 12.8 Å². The highest BCUT2D eigenvalue weighted by molar-refractivity contribution is 5.79. The van der Waals surface area contributed by atoms with Crippen molar-refractivity contribution in [3.05, 3.63) is 35.4 Å². The first-order valence-corrected chi connectivity index (χ1v) is 8.97. The quantitative estimate of drug-likeness (QED) is 0.913. The Balaban J connectivity index is 1.87. The first-order chi connectivity index (χ1) is 11.7. The van der Waals surface area contributed by atoms with E-state index in [1.807, 2.05) is 56.9 Å². The van der Waals surface area contributed by atoms with E-state index in [0.29, 0.717) is 19.5 Å². The van der Waals surface area contributed by atoms with Gasteiger partial charge in [-0.1, -0.05) is 31.2 Å². The summed E-state index contributed by atoms with van der Waals surface area (Å²) in [5, 5.41) is 2.94. The minimum Gasteiger partial charge on any atom is -0.444 e. The minimum absolute atomic E-state index is 0.0392. The maximum atomic E-state index is 12.6. The number of nitrogens with zero attached hydrogens (tertiary/aromatic N) is 1. The van der Waals surface area contributed by atoms with Gasteiger partial charge >= 0.3 is 6.09 Å². The van der Waals surface area contributed by atoms with Crippen molar-refractivity contribution < 1.29 is 14.3 Å². The maximum Gasteiger partial charge on any atom is 0.407 e. The second kappa shape index (κ2) is 7.89. The Morgan fingerprint density at radius 2 is 1.96 bits per heavy atom. The van der Waals surface area contributed by atoms with Crippen molar-refractivity contribution in [3.8, 4) is 0 Å². The summed E-state index contributed by atoms with van der Waals surface area (Å²) in [4.78, 5) is 26.5. The Labute approximate surface area is 150 Å². The van der Waals surface area contributed by atoms with Gasteiger partial charge in [0.05, 0.1) is 6.42 Å². The van der Waals surface area contributed by atoms with Crippen LogP contribution in [0.15, 0.2) is 24.3 Å². The summed E-state index contributed by atoms with van der Waals surface area (Å²) in [7, 11) is 0. The topological polar surface area (TPSA) is 58.6 Å².